The molecule has 1 saturated heterocycles. The fourth-order valence-electron chi connectivity index (χ4n) is 4.05. The Labute approximate surface area is 197 Å². The zero-order chi connectivity index (χ0) is 24.0. The summed E-state index contributed by atoms with van der Waals surface area (Å²) < 4.78 is 54.2. The molecule has 1 aliphatic heterocycles. The molecule has 0 radical (unpaired) electrons. The van der Waals surface area contributed by atoms with Crippen molar-refractivity contribution in [1.82, 2.24) is 9.88 Å². The maximum absolute atomic E-state index is 12.8. The maximum atomic E-state index is 12.8. The number of ether oxygens (including phenoxy) is 3. The second-order valence-electron chi connectivity index (χ2n) is 8.36. The van der Waals surface area contributed by atoms with Gasteiger partial charge in [-0.2, -0.15) is 0 Å². The summed E-state index contributed by atoms with van der Waals surface area (Å²) >= 11 is 0. The lowest BCUT2D eigenvalue weighted by molar-refractivity contribution is -0.274. The highest BCUT2D eigenvalue weighted by atomic mass is 19.4. The Morgan fingerprint density at radius 2 is 1.62 bits per heavy atom. The Morgan fingerprint density at radius 1 is 0.882 bits per heavy atom. The van der Waals surface area contributed by atoms with Crippen molar-refractivity contribution < 1.29 is 27.4 Å². The van der Waals surface area contributed by atoms with Gasteiger partial charge in [0.15, 0.2) is 0 Å². The van der Waals surface area contributed by atoms with Gasteiger partial charge in [-0.25, -0.2) is 4.98 Å². The average molecular weight is 475 g/mol. The van der Waals surface area contributed by atoms with Crippen LogP contribution in [0.4, 0.5) is 13.2 Å². The van der Waals surface area contributed by atoms with Gasteiger partial charge in [0.05, 0.1) is 17.8 Å². The summed E-state index contributed by atoms with van der Waals surface area (Å²) in [7, 11) is 0. The second-order valence-corrected chi connectivity index (χ2v) is 8.36. The van der Waals surface area contributed by atoms with Crippen molar-refractivity contribution in [1.29, 1.82) is 0 Å². The van der Waals surface area contributed by atoms with E-state index in [0.717, 1.165) is 37.4 Å². The Hall–Kier alpha value is -3.00. The number of rotatable bonds is 9. The summed E-state index contributed by atoms with van der Waals surface area (Å²) in [4.78, 5) is 7.01. The van der Waals surface area contributed by atoms with Crippen LogP contribution >= 0.6 is 0 Å². The number of hydrogen-bond donors (Lipinski definition) is 0. The average Bonchev–Trinajstić information content (AvgIpc) is 2.83. The number of pyridine rings is 1. The van der Waals surface area contributed by atoms with Crippen molar-refractivity contribution in [2.24, 2.45) is 0 Å². The molecule has 0 bridgehead atoms. The minimum atomic E-state index is -4.77. The first-order valence-corrected chi connectivity index (χ1v) is 11.7. The normalized spacial score (nSPS) is 14.8. The van der Waals surface area contributed by atoms with Crippen LogP contribution in [0.1, 0.15) is 32.6 Å². The second kappa shape index (κ2) is 11.0. The zero-order valence-corrected chi connectivity index (χ0v) is 19.2. The highest BCUT2D eigenvalue weighted by Gasteiger charge is 2.31. The summed E-state index contributed by atoms with van der Waals surface area (Å²) in [5.74, 6) is 0.960. The summed E-state index contributed by atoms with van der Waals surface area (Å²) in [6, 6.07) is 13.5. The Morgan fingerprint density at radius 3 is 2.32 bits per heavy atom. The summed E-state index contributed by atoms with van der Waals surface area (Å²) in [6.07, 6.45) is -0.235. The minimum absolute atomic E-state index is 0.298. The number of benzene rings is 2. The van der Waals surface area contributed by atoms with E-state index < -0.39 is 6.36 Å². The van der Waals surface area contributed by atoms with Crippen LogP contribution in [0.2, 0.25) is 0 Å². The third-order valence-corrected chi connectivity index (χ3v) is 5.71. The molecular weight excluding hydrogens is 445 g/mol. The standard InChI is InChI=1S/C26H29F3N2O3/c1-2-15-32-20-8-6-19(7-9-20)24-18-25(33-16-14-31-12-4-3-5-13-31)22-17-21(34-26(27,28)29)10-11-23(22)30-24/h6-11,17-18H,2-5,12-16H2,1H3. The molecule has 2 heterocycles. The predicted molar refractivity (Wildman–Crippen MR) is 125 cm³/mol. The maximum Gasteiger partial charge on any atom is 0.573 e. The molecule has 0 aliphatic carbocycles. The van der Waals surface area contributed by atoms with E-state index in [4.69, 9.17) is 9.47 Å². The molecule has 182 valence electrons. The smallest absolute Gasteiger partial charge is 0.494 e. The summed E-state index contributed by atoms with van der Waals surface area (Å²) in [6.45, 7) is 5.98. The van der Waals surface area contributed by atoms with Crippen LogP contribution in [-0.2, 0) is 0 Å². The van der Waals surface area contributed by atoms with Crippen molar-refractivity contribution in [3.63, 3.8) is 0 Å². The first-order valence-electron chi connectivity index (χ1n) is 11.7. The third kappa shape index (κ3) is 6.53. The predicted octanol–water partition coefficient (Wildman–Crippen LogP) is 6.45. The number of fused-ring (bicyclic) bond motifs is 1. The van der Waals surface area contributed by atoms with Crippen molar-refractivity contribution in [3.05, 3.63) is 48.5 Å². The molecular formula is C26H29F3N2O3. The molecule has 4 rings (SSSR count). The lowest BCUT2D eigenvalue weighted by atomic mass is 10.1. The number of nitrogens with zero attached hydrogens (tertiary/aromatic N) is 2. The third-order valence-electron chi connectivity index (χ3n) is 5.71. The number of aromatic nitrogens is 1. The Kier molecular flexibility index (Phi) is 7.77. The molecule has 0 amide bonds. The van der Waals surface area contributed by atoms with E-state index in [2.05, 4.69) is 14.6 Å². The molecule has 1 aromatic heterocycles. The number of likely N-dealkylation sites (tertiary alicyclic amines) is 1. The lowest BCUT2D eigenvalue weighted by Gasteiger charge is -2.26. The van der Waals surface area contributed by atoms with Crippen molar-refractivity contribution >= 4 is 10.9 Å². The van der Waals surface area contributed by atoms with Crippen LogP contribution in [0.3, 0.4) is 0 Å². The van der Waals surface area contributed by atoms with Crippen LogP contribution in [-0.4, -0.2) is 49.1 Å². The topological polar surface area (TPSA) is 43.8 Å². The molecule has 0 atom stereocenters. The van der Waals surface area contributed by atoms with Gasteiger partial charge >= 0.3 is 6.36 Å². The molecule has 3 aromatic rings. The van der Waals surface area contributed by atoms with E-state index in [9.17, 15) is 13.2 Å². The first kappa shape index (κ1) is 24.1. The van der Waals surface area contributed by atoms with Gasteiger partial charge in [0, 0.05) is 23.6 Å². The lowest BCUT2D eigenvalue weighted by Crippen LogP contribution is -2.33. The molecule has 0 saturated carbocycles. The van der Waals surface area contributed by atoms with Gasteiger partial charge in [0.2, 0.25) is 0 Å². The highest BCUT2D eigenvalue weighted by Crippen LogP contribution is 2.34. The van der Waals surface area contributed by atoms with Crippen LogP contribution in [0.25, 0.3) is 22.2 Å². The Balaban J connectivity index is 1.61. The number of alkyl halides is 3. The van der Waals surface area contributed by atoms with Crippen LogP contribution < -0.4 is 14.2 Å². The Bertz CT molecular complexity index is 1080. The quantitative estimate of drug-likeness (QED) is 0.356. The fraction of sp³-hybridized carbons (Fsp3) is 0.423. The van der Waals surface area contributed by atoms with Crippen molar-refractivity contribution in [2.75, 3.05) is 32.8 Å². The zero-order valence-electron chi connectivity index (χ0n) is 19.2. The molecule has 5 nitrogen and oxygen atoms in total. The van der Waals surface area contributed by atoms with E-state index in [1.54, 1.807) is 6.07 Å². The highest BCUT2D eigenvalue weighted by molar-refractivity contribution is 5.89. The van der Waals surface area contributed by atoms with Gasteiger partial charge in [0.25, 0.3) is 0 Å². The van der Waals surface area contributed by atoms with Gasteiger partial charge in [-0.3, -0.25) is 4.90 Å². The van der Waals surface area contributed by atoms with Crippen LogP contribution in [0.5, 0.6) is 17.2 Å². The van der Waals surface area contributed by atoms with E-state index in [0.29, 0.717) is 35.6 Å². The monoisotopic (exact) mass is 474 g/mol. The van der Waals surface area contributed by atoms with Gasteiger partial charge < -0.3 is 14.2 Å². The van der Waals surface area contributed by atoms with Crippen LogP contribution in [0, 0.1) is 0 Å². The molecule has 34 heavy (non-hydrogen) atoms. The fourth-order valence-corrected chi connectivity index (χ4v) is 4.05. The number of hydrogen-bond acceptors (Lipinski definition) is 5. The van der Waals surface area contributed by atoms with Gasteiger partial charge in [-0.15, -0.1) is 13.2 Å². The molecule has 0 spiro atoms. The minimum Gasteiger partial charge on any atom is -0.494 e. The van der Waals surface area contributed by atoms with Gasteiger partial charge in [-0.1, -0.05) is 13.3 Å². The summed E-state index contributed by atoms with van der Waals surface area (Å²) in [5, 5.41) is 0.479. The molecule has 8 heteroatoms. The van der Waals surface area contributed by atoms with E-state index in [-0.39, 0.29) is 5.75 Å². The molecule has 0 unspecified atom stereocenters. The van der Waals surface area contributed by atoms with E-state index >= 15 is 0 Å². The molecule has 1 aliphatic rings. The first-order chi connectivity index (χ1) is 16.4. The van der Waals surface area contributed by atoms with E-state index in [1.165, 1.54) is 37.5 Å². The van der Waals surface area contributed by atoms with Crippen molar-refractivity contribution in [3.8, 4) is 28.5 Å². The molecule has 0 N–H and O–H groups in total. The van der Waals surface area contributed by atoms with Gasteiger partial charge in [0.1, 0.15) is 23.9 Å². The van der Waals surface area contributed by atoms with Crippen molar-refractivity contribution in [2.45, 2.75) is 39.0 Å². The molecule has 2 aromatic carbocycles. The van der Waals surface area contributed by atoms with Crippen LogP contribution in [0.15, 0.2) is 48.5 Å². The number of halogens is 3. The SMILES string of the molecule is CCCOc1ccc(-c2cc(OCCN3CCCCC3)c3cc(OC(F)(F)F)ccc3n2)cc1. The molecule has 1 fully saturated rings. The largest absolute Gasteiger partial charge is 0.573 e. The van der Waals surface area contributed by atoms with E-state index in [1.807, 2.05) is 31.2 Å². The summed E-state index contributed by atoms with van der Waals surface area (Å²) in [5.41, 5.74) is 2.07. The number of piperidine rings is 1. The van der Waals surface area contributed by atoms with Gasteiger partial charge in [-0.05, 0) is 74.8 Å².